The van der Waals surface area contributed by atoms with Crippen molar-refractivity contribution in [2.75, 3.05) is 17.7 Å². The van der Waals surface area contributed by atoms with E-state index in [-0.39, 0.29) is 5.75 Å². The van der Waals surface area contributed by atoms with E-state index in [4.69, 9.17) is 10.5 Å². The van der Waals surface area contributed by atoms with Gasteiger partial charge in [0.25, 0.3) is 0 Å². The first-order chi connectivity index (χ1) is 10.0. The van der Waals surface area contributed by atoms with Gasteiger partial charge < -0.3 is 15.8 Å². The highest BCUT2D eigenvalue weighted by atomic mass is 79.9. The average molecular weight is 418 g/mol. The molecule has 0 aliphatic heterocycles. The zero-order chi connectivity index (χ0) is 15.4. The Kier molecular flexibility index (Phi) is 5.47. The molecule has 0 aliphatic rings. The molecule has 0 radical (unpaired) electrons. The Morgan fingerprint density at radius 3 is 2.62 bits per heavy atom. The van der Waals surface area contributed by atoms with Gasteiger partial charge in [-0.05, 0) is 40.5 Å². The minimum Gasteiger partial charge on any atom is -0.490 e. The van der Waals surface area contributed by atoms with Crippen molar-refractivity contribution in [1.29, 1.82) is 0 Å². The van der Waals surface area contributed by atoms with Crippen LogP contribution in [0.4, 0.5) is 21.5 Å². The van der Waals surface area contributed by atoms with Crippen molar-refractivity contribution in [1.82, 2.24) is 0 Å². The lowest BCUT2D eigenvalue weighted by Gasteiger charge is -2.14. The monoisotopic (exact) mass is 416 g/mol. The van der Waals surface area contributed by atoms with Crippen LogP contribution in [-0.2, 0) is 0 Å². The van der Waals surface area contributed by atoms with Crippen LogP contribution in [0.15, 0.2) is 39.3 Å². The Hall–Kier alpha value is -1.27. The molecule has 0 heterocycles. The molecule has 0 fully saturated rings. The molecule has 21 heavy (non-hydrogen) atoms. The number of benzene rings is 2. The molecule has 3 N–H and O–H groups in total. The summed E-state index contributed by atoms with van der Waals surface area (Å²) in [6, 6.07) is 8.55. The number of nitrogens with two attached hydrogens (primary N) is 1. The molecule has 0 saturated heterocycles. The van der Waals surface area contributed by atoms with E-state index in [0.29, 0.717) is 18.0 Å². The van der Waals surface area contributed by atoms with Crippen LogP contribution in [0.5, 0.6) is 5.75 Å². The summed E-state index contributed by atoms with van der Waals surface area (Å²) in [5, 5.41) is 3.17. The molecule has 2 aromatic rings. The fourth-order valence-electron chi connectivity index (χ4n) is 1.74. The van der Waals surface area contributed by atoms with Gasteiger partial charge in [-0.25, -0.2) is 4.39 Å². The van der Waals surface area contributed by atoms with E-state index >= 15 is 0 Å². The van der Waals surface area contributed by atoms with Gasteiger partial charge in [-0.2, -0.15) is 0 Å². The summed E-state index contributed by atoms with van der Waals surface area (Å²) in [6.07, 6.45) is 0.810. The fraction of sp³-hybridized carbons (Fsp3) is 0.200. The van der Waals surface area contributed by atoms with Crippen molar-refractivity contribution in [3.05, 3.63) is 45.1 Å². The first-order valence-corrected chi connectivity index (χ1v) is 8.03. The molecule has 2 aromatic carbocycles. The fourth-order valence-corrected chi connectivity index (χ4v) is 2.88. The van der Waals surface area contributed by atoms with Crippen LogP contribution in [0, 0.1) is 5.82 Å². The lowest BCUT2D eigenvalue weighted by atomic mass is 10.2. The highest BCUT2D eigenvalue weighted by Gasteiger charge is 2.10. The van der Waals surface area contributed by atoms with Crippen LogP contribution in [0.25, 0.3) is 0 Å². The van der Waals surface area contributed by atoms with Gasteiger partial charge in [0.05, 0.1) is 23.7 Å². The largest absolute Gasteiger partial charge is 0.490 e. The second-order valence-electron chi connectivity index (χ2n) is 4.47. The van der Waals surface area contributed by atoms with Crippen molar-refractivity contribution in [2.24, 2.45) is 0 Å². The predicted octanol–water partition coefficient (Wildman–Crippen LogP) is 5.47. The van der Waals surface area contributed by atoms with Crippen LogP contribution in [0.1, 0.15) is 13.3 Å². The second kappa shape index (κ2) is 7.13. The molecule has 0 aromatic heterocycles. The number of hydrogen-bond acceptors (Lipinski definition) is 3. The summed E-state index contributed by atoms with van der Waals surface area (Å²) < 4.78 is 21.0. The molecule has 0 saturated carbocycles. The Labute approximate surface area is 139 Å². The average Bonchev–Trinajstić information content (AvgIpc) is 2.43. The Bertz CT molecular complexity index is 650. The van der Waals surface area contributed by atoms with Gasteiger partial charge in [0.2, 0.25) is 0 Å². The van der Waals surface area contributed by atoms with E-state index < -0.39 is 5.82 Å². The topological polar surface area (TPSA) is 47.3 Å². The summed E-state index contributed by atoms with van der Waals surface area (Å²) in [6.45, 7) is 2.43. The summed E-state index contributed by atoms with van der Waals surface area (Å²) >= 11 is 6.86. The molecule has 0 spiro atoms. The van der Waals surface area contributed by atoms with Gasteiger partial charge in [-0.1, -0.05) is 22.9 Å². The summed E-state index contributed by atoms with van der Waals surface area (Å²) in [5.74, 6) is -0.261. The van der Waals surface area contributed by atoms with Crippen LogP contribution in [-0.4, -0.2) is 6.61 Å². The van der Waals surface area contributed by atoms with Crippen LogP contribution in [0.3, 0.4) is 0 Å². The highest BCUT2D eigenvalue weighted by molar-refractivity contribution is 9.11. The second-order valence-corrected chi connectivity index (χ2v) is 6.24. The smallest absolute Gasteiger partial charge is 0.167 e. The van der Waals surface area contributed by atoms with Crippen molar-refractivity contribution in [3.63, 3.8) is 0 Å². The van der Waals surface area contributed by atoms with Gasteiger partial charge >= 0.3 is 0 Å². The molecule has 0 atom stereocenters. The van der Waals surface area contributed by atoms with Gasteiger partial charge in [0.15, 0.2) is 11.6 Å². The first-order valence-electron chi connectivity index (χ1n) is 6.45. The molecule has 3 nitrogen and oxygen atoms in total. The number of nitrogen functional groups attached to an aromatic ring is 1. The molecule has 6 heteroatoms. The molecule has 0 bridgehead atoms. The molecule has 0 unspecified atom stereocenters. The number of hydrogen-bond donors (Lipinski definition) is 2. The van der Waals surface area contributed by atoms with Gasteiger partial charge in [-0.15, -0.1) is 0 Å². The Balaban J connectivity index is 2.30. The maximum Gasteiger partial charge on any atom is 0.167 e. The molecular weight excluding hydrogens is 403 g/mol. The first kappa shape index (κ1) is 16.1. The highest BCUT2D eigenvalue weighted by Crippen LogP contribution is 2.34. The van der Waals surface area contributed by atoms with Crippen molar-refractivity contribution >= 4 is 48.9 Å². The Morgan fingerprint density at radius 2 is 1.95 bits per heavy atom. The van der Waals surface area contributed by atoms with Crippen LogP contribution >= 0.6 is 31.9 Å². The maximum absolute atomic E-state index is 13.8. The number of rotatable bonds is 5. The number of anilines is 3. The van der Waals surface area contributed by atoms with Crippen LogP contribution in [0.2, 0.25) is 0 Å². The van der Waals surface area contributed by atoms with Crippen LogP contribution < -0.4 is 15.8 Å². The van der Waals surface area contributed by atoms with E-state index in [1.807, 2.05) is 25.1 Å². The minimum atomic E-state index is -0.457. The number of nitrogens with one attached hydrogen (secondary N) is 1. The van der Waals surface area contributed by atoms with Gasteiger partial charge in [-0.3, -0.25) is 0 Å². The SMILES string of the molecule is CCCOc1cc(Nc2ccc(Br)cc2Br)c(N)cc1F. The van der Waals surface area contributed by atoms with E-state index in [1.165, 1.54) is 6.07 Å². The van der Waals surface area contributed by atoms with Crippen molar-refractivity contribution in [2.45, 2.75) is 13.3 Å². The maximum atomic E-state index is 13.8. The zero-order valence-corrected chi connectivity index (χ0v) is 14.6. The quantitative estimate of drug-likeness (QED) is 0.634. The predicted molar refractivity (Wildman–Crippen MR) is 91.7 cm³/mol. The normalized spacial score (nSPS) is 10.5. The summed E-state index contributed by atoms with van der Waals surface area (Å²) in [5.41, 5.74) is 7.62. The minimum absolute atomic E-state index is 0.196. The Morgan fingerprint density at radius 1 is 1.19 bits per heavy atom. The summed E-state index contributed by atoms with van der Waals surface area (Å²) in [4.78, 5) is 0. The molecular formula is C15H15Br2FN2O. The van der Waals surface area contributed by atoms with Crippen molar-refractivity contribution < 1.29 is 9.13 Å². The van der Waals surface area contributed by atoms with Gasteiger partial charge in [0, 0.05) is 21.1 Å². The third kappa shape index (κ3) is 4.11. The zero-order valence-electron chi connectivity index (χ0n) is 11.4. The lowest BCUT2D eigenvalue weighted by molar-refractivity contribution is 0.301. The standard InChI is InChI=1S/C15H15Br2FN2O/c1-2-5-21-15-8-14(12(19)7-11(15)18)20-13-4-3-9(16)6-10(13)17/h3-4,6-8,20H,2,5,19H2,1H3. The van der Waals surface area contributed by atoms with E-state index in [2.05, 4.69) is 37.2 Å². The third-order valence-corrected chi connectivity index (χ3v) is 3.92. The third-order valence-electron chi connectivity index (χ3n) is 2.77. The van der Waals surface area contributed by atoms with Crippen molar-refractivity contribution in [3.8, 4) is 5.75 Å². The van der Waals surface area contributed by atoms with E-state index in [1.54, 1.807) is 6.07 Å². The molecule has 0 aliphatic carbocycles. The summed E-state index contributed by atoms with van der Waals surface area (Å²) in [7, 11) is 0. The van der Waals surface area contributed by atoms with E-state index in [0.717, 1.165) is 21.1 Å². The molecule has 0 amide bonds. The van der Waals surface area contributed by atoms with E-state index in [9.17, 15) is 4.39 Å². The molecule has 2 rings (SSSR count). The lowest BCUT2D eigenvalue weighted by Crippen LogP contribution is -2.02. The van der Waals surface area contributed by atoms with Gasteiger partial charge in [0.1, 0.15) is 0 Å². The number of ether oxygens (including phenoxy) is 1. The molecule has 112 valence electrons. The number of halogens is 3.